The zero-order valence-corrected chi connectivity index (χ0v) is 10.8. The molecule has 90 valence electrons. The monoisotopic (exact) mass is 236 g/mol. The zero-order chi connectivity index (χ0) is 12.1. The third kappa shape index (κ3) is 4.47. The summed E-state index contributed by atoms with van der Waals surface area (Å²) in [5.41, 5.74) is 1.15. The summed E-state index contributed by atoms with van der Waals surface area (Å²) >= 11 is 0. The summed E-state index contributed by atoms with van der Waals surface area (Å²) in [4.78, 5) is 18.3. The summed E-state index contributed by atoms with van der Waals surface area (Å²) in [5, 5.41) is -1.35. The minimum atomic E-state index is -4.20. The molecule has 4 nitrogen and oxygen atoms in total. The Kier molecular flexibility index (Phi) is 5.75. The van der Waals surface area contributed by atoms with Crippen molar-refractivity contribution in [3.8, 4) is 0 Å². The van der Waals surface area contributed by atoms with E-state index in [0.717, 1.165) is 5.57 Å². The lowest BCUT2D eigenvalue weighted by Crippen LogP contribution is -2.28. The van der Waals surface area contributed by atoms with E-state index in [4.69, 9.17) is 14.5 Å². The number of rotatable bonds is 6. The van der Waals surface area contributed by atoms with E-state index in [1.54, 1.807) is 6.92 Å². The van der Waals surface area contributed by atoms with Crippen molar-refractivity contribution in [1.82, 2.24) is 0 Å². The minimum absolute atomic E-state index is 0.298. The molecule has 0 aromatic heterocycles. The topological polar surface area (TPSA) is 66.8 Å². The van der Waals surface area contributed by atoms with Crippen molar-refractivity contribution >= 4 is 7.60 Å². The second kappa shape index (κ2) is 5.80. The van der Waals surface area contributed by atoms with Crippen LogP contribution in [0, 0.1) is 0 Å². The van der Waals surface area contributed by atoms with Crippen molar-refractivity contribution in [1.29, 1.82) is 0 Å². The fourth-order valence-corrected chi connectivity index (χ4v) is 1.64. The van der Waals surface area contributed by atoms with Crippen LogP contribution in [0.5, 0.6) is 0 Å². The highest BCUT2D eigenvalue weighted by Crippen LogP contribution is 2.52. The van der Waals surface area contributed by atoms with Crippen LogP contribution < -0.4 is 0 Å². The Hall–Kier alpha value is -0.150. The molecule has 0 aliphatic carbocycles. The lowest BCUT2D eigenvalue weighted by molar-refractivity contribution is 0.0109. The van der Waals surface area contributed by atoms with Gasteiger partial charge in [-0.25, -0.2) is 0 Å². The first-order valence-electron chi connectivity index (χ1n) is 5.08. The van der Waals surface area contributed by atoms with E-state index < -0.39 is 12.9 Å². The maximum atomic E-state index is 11.2. The van der Waals surface area contributed by atoms with Gasteiger partial charge in [0.1, 0.15) is 0 Å². The molecule has 0 rings (SSSR count). The van der Waals surface area contributed by atoms with Gasteiger partial charge in [-0.2, -0.15) is 0 Å². The summed E-state index contributed by atoms with van der Waals surface area (Å²) < 4.78 is 16.5. The van der Waals surface area contributed by atoms with Crippen LogP contribution in [0.2, 0.25) is 0 Å². The summed E-state index contributed by atoms with van der Waals surface area (Å²) in [7, 11) is -4.20. The maximum absolute atomic E-state index is 11.2. The van der Waals surface area contributed by atoms with Gasteiger partial charge in [0, 0.05) is 0 Å². The molecule has 0 spiro atoms. The Bertz CT molecular complexity index is 269. The van der Waals surface area contributed by atoms with Gasteiger partial charge >= 0.3 is 7.60 Å². The van der Waals surface area contributed by atoms with E-state index in [1.165, 1.54) is 6.92 Å². The van der Waals surface area contributed by atoms with Gasteiger partial charge in [0.05, 0.1) is 6.61 Å². The first-order valence-corrected chi connectivity index (χ1v) is 6.69. The largest absolute Gasteiger partial charge is 0.362 e. The quantitative estimate of drug-likeness (QED) is 0.549. The summed E-state index contributed by atoms with van der Waals surface area (Å²) in [6, 6.07) is 0. The third-order valence-corrected chi connectivity index (χ3v) is 4.35. The Morgan fingerprint density at radius 2 is 2.07 bits per heavy atom. The number of hydrogen-bond donors (Lipinski definition) is 2. The molecule has 0 heterocycles. The smallest absolute Gasteiger partial charge is 0.356 e. The molecule has 5 heteroatoms. The third-order valence-electron chi connectivity index (χ3n) is 2.67. The van der Waals surface area contributed by atoms with E-state index in [9.17, 15) is 4.57 Å². The first kappa shape index (κ1) is 14.8. The second-order valence-electron chi connectivity index (χ2n) is 3.81. The van der Waals surface area contributed by atoms with E-state index in [1.807, 2.05) is 19.9 Å². The molecule has 0 fully saturated rings. The highest BCUT2D eigenvalue weighted by molar-refractivity contribution is 7.53. The molecule has 0 aliphatic rings. The number of hydrogen-bond acceptors (Lipinski definition) is 2. The second-order valence-corrected chi connectivity index (χ2v) is 5.84. The fourth-order valence-electron chi connectivity index (χ4n) is 0.968. The highest BCUT2D eigenvalue weighted by Gasteiger charge is 2.41. The van der Waals surface area contributed by atoms with Crippen molar-refractivity contribution < 1.29 is 19.1 Å². The molecule has 1 atom stereocenters. The van der Waals surface area contributed by atoms with Gasteiger partial charge < -0.3 is 14.5 Å². The predicted molar refractivity (Wildman–Crippen MR) is 60.7 cm³/mol. The predicted octanol–water partition coefficient (Wildman–Crippen LogP) is 2.66. The van der Waals surface area contributed by atoms with Crippen LogP contribution in [0.3, 0.4) is 0 Å². The minimum Gasteiger partial charge on any atom is -0.362 e. The zero-order valence-electron chi connectivity index (χ0n) is 9.86. The standard InChI is InChI=1S/C10H21O4P/c1-5-9(3)7-8-14-10(4,6-2)15(11,12)13/h5H,6-8H2,1-4H3,(H2,11,12,13)/b9-5-. The van der Waals surface area contributed by atoms with Gasteiger partial charge in [-0.1, -0.05) is 18.6 Å². The van der Waals surface area contributed by atoms with Crippen molar-refractivity contribution in [3.05, 3.63) is 11.6 Å². The summed E-state index contributed by atoms with van der Waals surface area (Å²) in [6.07, 6.45) is 2.96. The van der Waals surface area contributed by atoms with Crippen molar-refractivity contribution in [2.45, 2.75) is 45.9 Å². The Morgan fingerprint density at radius 1 is 1.53 bits per heavy atom. The molecule has 0 radical (unpaired) electrons. The average Bonchev–Trinajstić information content (AvgIpc) is 2.15. The van der Waals surface area contributed by atoms with Gasteiger partial charge in [-0.05, 0) is 33.6 Å². The molecule has 1 unspecified atom stereocenters. The molecule has 2 N–H and O–H groups in total. The Morgan fingerprint density at radius 3 is 2.40 bits per heavy atom. The van der Waals surface area contributed by atoms with Crippen LogP contribution in [0.15, 0.2) is 11.6 Å². The van der Waals surface area contributed by atoms with Crippen molar-refractivity contribution in [2.75, 3.05) is 6.61 Å². The SMILES string of the molecule is C/C=C(/C)CCOC(C)(CC)P(=O)(O)O. The molecular formula is C10H21O4P. The molecule has 15 heavy (non-hydrogen) atoms. The number of allylic oxidation sites excluding steroid dienone is 1. The normalized spacial score (nSPS) is 17.6. The summed E-state index contributed by atoms with van der Waals surface area (Å²) in [6.45, 7) is 7.40. The van der Waals surface area contributed by atoms with Crippen LogP contribution >= 0.6 is 7.60 Å². The van der Waals surface area contributed by atoms with Crippen LogP contribution in [-0.4, -0.2) is 21.7 Å². The molecule has 0 saturated carbocycles. The Labute approximate surface area is 91.5 Å². The van der Waals surface area contributed by atoms with Crippen LogP contribution in [0.1, 0.15) is 40.5 Å². The molecule has 0 saturated heterocycles. The van der Waals surface area contributed by atoms with Crippen LogP contribution in [0.25, 0.3) is 0 Å². The number of ether oxygens (including phenoxy) is 1. The van der Waals surface area contributed by atoms with E-state index in [-0.39, 0.29) is 0 Å². The first-order chi connectivity index (χ1) is 6.77. The van der Waals surface area contributed by atoms with E-state index >= 15 is 0 Å². The molecule has 0 aliphatic heterocycles. The molecular weight excluding hydrogens is 215 g/mol. The van der Waals surface area contributed by atoms with E-state index in [2.05, 4.69) is 0 Å². The molecule has 0 aromatic rings. The van der Waals surface area contributed by atoms with Crippen LogP contribution in [-0.2, 0) is 9.30 Å². The van der Waals surface area contributed by atoms with Crippen molar-refractivity contribution in [2.24, 2.45) is 0 Å². The van der Waals surface area contributed by atoms with Gasteiger partial charge in [0.2, 0.25) is 0 Å². The van der Waals surface area contributed by atoms with Crippen LogP contribution in [0.4, 0.5) is 0 Å². The van der Waals surface area contributed by atoms with Gasteiger partial charge in [-0.15, -0.1) is 0 Å². The molecule has 0 aromatic carbocycles. The van der Waals surface area contributed by atoms with Crippen molar-refractivity contribution in [3.63, 3.8) is 0 Å². The highest BCUT2D eigenvalue weighted by atomic mass is 31.2. The average molecular weight is 236 g/mol. The van der Waals surface area contributed by atoms with Gasteiger partial charge in [0.25, 0.3) is 0 Å². The molecule has 0 amide bonds. The van der Waals surface area contributed by atoms with Gasteiger partial charge in [-0.3, -0.25) is 4.57 Å². The maximum Gasteiger partial charge on any atom is 0.356 e. The lowest BCUT2D eigenvalue weighted by Gasteiger charge is -2.29. The lowest BCUT2D eigenvalue weighted by atomic mass is 10.2. The van der Waals surface area contributed by atoms with E-state index in [0.29, 0.717) is 19.4 Å². The fraction of sp³-hybridized carbons (Fsp3) is 0.800. The van der Waals surface area contributed by atoms with Gasteiger partial charge in [0.15, 0.2) is 5.34 Å². The molecule has 0 bridgehead atoms. The summed E-state index contributed by atoms with van der Waals surface area (Å²) in [5.74, 6) is 0. The Balaban J connectivity index is 4.30.